The normalized spacial score (nSPS) is 14.7. The molecule has 6 rings (SSSR count). The summed E-state index contributed by atoms with van der Waals surface area (Å²) in [7, 11) is 0. The number of hydrogen-bond donors (Lipinski definition) is 1. The van der Waals surface area contributed by atoms with Gasteiger partial charge in [-0.1, -0.05) is 30.3 Å². The van der Waals surface area contributed by atoms with Crippen molar-refractivity contribution < 1.29 is 27.2 Å². The second-order valence-corrected chi connectivity index (χ2v) is 10.7. The Bertz CT molecular complexity index is 1840. The van der Waals surface area contributed by atoms with Gasteiger partial charge in [-0.25, -0.2) is 13.2 Å². The first-order chi connectivity index (χ1) is 21.2. The average Bonchev–Trinajstić information content (AvgIpc) is 3.46. The van der Waals surface area contributed by atoms with E-state index in [0.717, 1.165) is 22.1 Å². The molecule has 1 aliphatic rings. The summed E-state index contributed by atoms with van der Waals surface area (Å²) in [5, 5.41) is 3.57. The molecule has 9 heteroatoms. The number of alkyl halides is 2. The van der Waals surface area contributed by atoms with Crippen molar-refractivity contribution in [3.05, 3.63) is 120 Å². The van der Waals surface area contributed by atoms with Gasteiger partial charge < -0.3 is 14.6 Å². The fourth-order valence-corrected chi connectivity index (χ4v) is 5.24. The van der Waals surface area contributed by atoms with E-state index in [1.807, 2.05) is 24.3 Å². The summed E-state index contributed by atoms with van der Waals surface area (Å²) in [6.07, 6.45) is 5.72. The van der Waals surface area contributed by atoms with E-state index in [4.69, 9.17) is 4.42 Å². The number of carbonyl (C=O) groups is 2. The maximum atomic E-state index is 14.2. The minimum Gasteiger partial charge on any atom is -0.459 e. The van der Waals surface area contributed by atoms with Crippen molar-refractivity contribution in [3.63, 3.8) is 0 Å². The molecule has 0 bridgehead atoms. The monoisotopic (exact) mass is 595 g/mol. The van der Waals surface area contributed by atoms with Crippen LogP contribution in [0.15, 0.2) is 102 Å². The number of aromatic nitrogens is 1. The zero-order chi connectivity index (χ0) is 30.7. The van der Waals surface area contributed by atoms with Crippen molar-refractivity contribution in [1.29, 1.82) is 0 Å². The smallest absolute Gasteiger partial charge is 0.253 e. The molecule has 3 aromatic carbocycles. The zero-order valence-corrected chi connectivity index (χ0v) is 23.6. The Morgan fingerprint density at radius 2 is 1.73 bits per heavy atom. The minimum absolute atomic E-state index is 0.0192. The summed E-state index contributed by atoms with van der Waals surface area (Å²) in [5.41, 5.74) is 4.67. The lowest BCUT2D eigenvalue weighted by molar-refractivity contribution is -0.116. The average molecular weight is 596 g/mol. The molecular formula is C35H28F3N3O3. The lowest BCUT2D eigenvalue weighted by Gasteiger charge is -2.31. The molecule has 2 aromatic heterocycles. The van der Waals surface area contributed by atoms with Gasteiger partial charge in [0.25, 0.3) is 11.8 Å². The van der Waals surface area contributed by atoms with Crippen LogP contribution in [0.3, 0.4) is 0 Å². The minimum atomic E-state index is -2.73. The lowest BCUT2D eigenvalue weighted by Crippen LogP contribution is -2.42. The fraction of sp³-hybridized carbons (Fsp3) is 0.171. The van der Waals surface area contributed by atoms with E-state index in [1.54, 1.807) is 60.9 Å². The Kier molecular flexibility index (Phi) is 8.02. The van der Waals surface area contributed by atoms with Gasteiger partial charge in [-0.15, -0.1) is 0 Å². The Hall–Kier alpha value is -5.18. The number of halogens is 3. The van der Waals surface area contributed by atoms with E-state index in [9.17, 15) is 22.8 Å². The van der Waals surface area contributed by atoms with Crippen molar-refractivity contribution in [2.24, 2.45) is 0 Å². The molecule has 0 saturated carbocycles. The van der Waals surface area contributed by atoms with Crippen molar-refractivity contribution in [2.45, 2.75) is 25.3 Å². The Morgan fingerprint density at radius 1 is 0.932 bits per heavy atom. The van der Waals surface area contributed by atoms with Gasteiger partial charge in [-0.3, -0.25) is 14.6 Å². The van der Waals surface area contributed by atoms with Crippen molar-refractivity contribution >= 4 is 28.9 Å². The second-order valence-electron chi connectivity index (χ2n) is 10.7. The highest BCUT2D eigenvalue weighted by molar-refractivity contribution is 5.98. The van der Waals surface area contributed by atoms with Crippen molar-refractivity contribution in [2.75, 3.05) is 13.1 Å². The third kappa shape index (κ3) is 6.57. The number of fused-ring (bicyclic) bond motifs is 1. The van der Waals surface area contributed by atoms with Crippen LogP contribution in [-0.2, 0) is 11.3 Å². The predicted molar refractivity (Wildman–Crippen MR) is 162 cm³/mol. The molecule has 1 N–H and O–H groups in total. The summed E-state index contributed by atoms with van der Waals surface area (Å²) in [5.74, 6) is -3.17. The Labute approximate surface area is 251 Å². The summed E-state index contributed by atoms with van der Waals surface area (Å²) in [6, 6.07) is 22.5. The molecule has 3 heterocycles. The highest BCUT2D eigenvalue weighted by Gasteiger charge is 2.35. The molecular weight excluding hydrogens is 567 g/mol. The molecule has 1 saturated heterocycles. The standard InChI is InChI=1S/C35H28F3N3O3/c36-29-5-1-4-26(18-29)31-20-27(24-7-9-25(10-8-24)34(43)41-15-12-35(37,38)13-16-41)17-28-19-30(44-33(28)31)22-40-32(42)11-6-23-3-2-14-39-21-23/h1-11,14,17-21H,12-13,15-16,22H2,(H,40,42). The molecule has 2 amide bonds. The van der Waals surface area contributed by atoms with Crippen LogP contribution in [-0.4, -0.2) is 40.7 Å². The topological polar surface area (TPSA) is 75.4 Å². The zero-order valence-electron chi connectivity index (χ0n) is 23.6. The van der Waals surface area contributed by atoms with Gasteiger partial charge in [-0.05, 0) is 76.9 Å². The first kappa shape index (κ1) is 28.9. The molecule has 1 aliphatic heterocycles. The molecule has 5 aromatic rings. The molecule has 0 spiro atoms. The maximum Gasteiger partial charge on any atom is 0.253 e. The van der Waals surface area contributed by atoms with E-state index < -0.39 is 5.92 Å². The van der Waals surface area contributed by atoms with Crippen LogP contribution < -0.4 is 5.32 Å². The van der Waals surface area contributed by atoms with E-state index in [2.05, 4.69) is 10.3 Å². The number of pyridine rings is 1. The van der Waals surface area contributed by atoms with Gasteiger partial charge in [0.05, 0.1) is 6.54 Å². The molecule has 0 aliphatic carbocycles. The maximum absolute atomic E-state index is 14.2. The molecule has 0 unspecified atom stereocenters. The van der Waals surface area contributed by atoms with Crippen LogP contribution in [0.5, 0.6) is 0 Å². The molecule has 44 heavy (non-hydrogen) atoms. The summed E-state index contributed by atoms with van der Waals surface area (Å²) >= 11 is 0. The second kappa shape index (κ2) is 12.2. The number of benzene rings is 3. The Balaban J connectivity index is 1.26. The SMILES string of the molecule is O=C(C=Cc1cccnc1)NCc1cc2cc(-c3ccc(C(=O)N4CCC(F)(F)CC4)cc3)cc(-c3cccc(F)c3)c2o1. The molecule has 0 radical (unpaired) electrons. The molecule has 222 valence electrons. The molecule has 0 atom stereocenters. The first-order valence-electron chi connectivity index (χ1n) is 14.2. The Morgan fingerprint density at radius 3 is 2.45 bits per heavy atom. The summed E-state index contributed by atoms with van der Waals surface area (Å²) in [6.45, 7) is 0.179. The molecule has 6 nitrogen and oxygen atoms in total. The number of amides is 2. The lowest BCUT2D eigenvalue weighted by atomic mass is 9.96. The van der Waals surface area contributed by atoms with Gasteiger partial charge in [0.2, 0.25) is 5.91 Å². The third-order valence-corrected chi connectivity index (χ3v) is 7.60. The fourth-order valence-electron chi connectivity index (χ4n) is 5.24. The summed E-state index contributed by atoms with van der Waals surface area (Å²) in [4.78, 5) is 30.8. The van der Waals surface area contributed by atoms with E-state index in [0.29, 0.717) is 28.0 Å². The number of nitrogens with one attached hydrogen (secondary N) is 1. The highest BCUT2D eigenvalue weighted by atomic mass is 19.3. The van der Waals surface area contributed by atoms with E-state index in [-0.39, 0.29) is 50.1 Å². The van der Waals surface area contributed by atoms with Crippen LogP contribution in [0.1, 0.15) is 34.5 Å². The van der Waals surface area contributed by atoms with Crippen LogP contribution in [0, 0.1) is 5.82 Å². The van der Waals surface area contributed by atoms with Crippen LogP contribution in [0.4, 0.5) is 13.2 Å². The quantitative estimate of drug-likeness (QED) is 0.198. The first-order valence-corrected chi connectivity index (χ1v) is 14.2. The van der Waals surface area contributed by atoms with Crippen LogP contribution in [0.25, 0.3) is 39.3 Å². The molecule has 1 fully saturated rings. The predicted octanol–water partition coefficient (Wildman–Crippen LogP) is 7.50. The third-order valence-electron chi connectivity index (χ3n) is 7.60. The number of likely N-dealkylation sites (tertiary alicyclic amines) is 1. The van der Waals surface area contributed by atoms with Gasteiger partial charge in [-0.2, -0.15) is 0 Å². The number of hydrogen-bond acceptors (Lipinski definition) is 4. The van der Waals surface area contributed by atoms with Crippen LogP contribution in [0.2, 0.25) is 0 Å². The van der Waals surface area contributed by atoms with Gasteiger partial charge in [0.15, 0.2) is 0 Å². The van der Waals surface area contributed by atoms with Crippen molar-refractivity contribution in [3.8, 4) is 22.3 Å². The van der Waals surface area contributed by atoms with Gasteiger partial charge in [0, 0.05) is 60.9 Å². The number of carbonyl (C=O) groups excluding carboxylic acids is 2. The number of rotatable bonds is 7. The van der Waals surface area contributed by atoms with Crippen molar-refractivity contribution in [1.82, 2.24) is 15.2 Å². The number of nitrogens with zero attached hydrogens (tertiary/aromatic N) is 2. The number of furan rings is 1. The number of piperidine rings is 1. The van der Waals surface area contributed by atoms with E-state index in [1.165, 1.54) is 23.1 Å². The summed E-state index contributed by atoms with van der Waals surface area (Å²) < 4.78 is 47.5. The van der Waals surface area contributed by atoms with Gasteiger partial charge in [0.1, 0.15) is 17.2 Å². The largest absolute Gasteiger partial charge is 0.459 e. The van der Waals surface area contributed by atoms with Crippen LogP contribution >= 0.6 is 0 Å². The van der Waals surface area contributed by atoms with E-state index >= 15 is 0 Å². The highest BCUT2D eigenvalue weighted by Crippen LogP contribution is 2.36. The van der Waals surface area contributed by atoms with Gasteiger partial charge >= 0.3 is 0 Å².